The lowest BCUT2D eigenvalue weighted by Crippen LogP contribution is -2.40. The topological polar surface area (TPSA) is 44.5 Å². The molecule has 0 radical (unpaired) electrons. The molecule has 0 bridgehead atoms. The molecule has 0 saturated heterocycles. The lowest BCUT2D eigenvalue weighted by atomic mass is 10.1. The van der Waals surface area contributed by atoms with Crippen molar-refractivity contribution in [1.82, 2.24) is 15.3 Å². The third-order valence-corrected chi connectivity index (χ3v) is 3.38. The average Bonchev–Trinajstić information content (AvgIpc) is 2.46. The van der Waals surface area contributed by atoms with Crippen LogP contribution < -0.4 is 11.2 Å². The molecule has 1 aliphatic heterocycles. The Bertz CT molecular complexity index is 669. The van der Waals surface area contributed by atoms with E-state index in [9.17, 15) is 17.6 Å². The van der Waals surface area contributed by atoms with Gasteiger partial charge in [-0.05, 0) is 18.6 Å². The standard InChI is InChI=1S/C13H11ClF4N4S/c14-10-6-22(20-13(19)23)4-3-21(10)2-1-7-11(17)8(15)5-9(16)12(7)18/h3-6H,1-2H2,(H3,19,20,23). The van der Waals surface area contributed by atoms with Gasteiger partial charge >= 0.3 is 0 Å². The highest BCUT2D eigenvalue weighted by Gasteiger charge is 2.20. The Hall–Kier alpha value is -2.00. The first-order valence-electron chi connectivity index (χ1n) is 6.28. The van der Waals surface area contributed by atoms with Crippen molar-refractivity contribution in [3.8, 4) is 0 Å². The fraction of sp³-hybridized carbons (Fsp3) is 0.154. The van der Waals surface area contributed by atoms with Crippen molar-refractivity contribution < 1.29 is 17.6 Å². The van der Waals surface area contributed by atoms with E-state index in [1.54, 1.807) is 0 Å². The van der Waals surface area contributed by atoms with E-state index in [2.05, 4.69) is 17.6 Å². The highest BCUT2D eigenvalue weighted by atomic mass is 35.5. The molecule has 0 saturated carbocycles. The number of thiocarbonyl (C=S) groups is 1. The van der Waals surface area contributed by atoms with Crippen LogP contribution in [-0.4, -0.2) is 21.6 Å². The number of halogens is 5. The van der Waals surface area contributed by atoms with Gasteiger partial charge in [-0.2, -0.15) is 0 Å². The van der Waals surface area contributed by atoms with Crippen molar-refractivity contribution in [1.29, 1.82) is 0 Å². The average molecular weight is 367 g/mol. The minimum absolute atomic E-state index is 0.00345. The van der Waals surface area contributed by atoms with Crippen LogP contribution in [0.3, 0.4) is 0 Å². The lowest BCUT2D eigenvalue weighted by Gasteiger charge is -2.28. The molecule has 0 spiro atoms. The molecular weight excluding hydrogens is 356 g/mol. The number of hydrazine groups is 1. The Labute approximate surface area is 139 Å². The largest absolute Gasteiger partial charge is 0.375 e. The number of benzene rings is 1. The molecule has 23 heavy (non-hydrogen) atoms. The van der Waals surface area contributed by atoms with Gasteiger partial charge in [0.2, 0.25) is 0 Å². The number of rotatable bonds is 4. The summed E-state index contributed by atoms with van der Waals surface area (Å²) in [5.74, 6) is -5.72. The van der Waals surface area contributed by atoms with Crippen molar-refractivity contribution in [2.24, 2.45) is 5.73 Å². The van der Waals surface area contributed by atoms with Crippen LogP contribution >= 0.6 is 23.8 Å². The second-order valence-corrected chi connectivity index (χ2v) is 5.35. The van der Waals surface area contributed by atoms with E-state index in [1.807, 2.05) is 0 Å². The van der Waals surface area contributed by atoms with E-state index in [0.717, 1.165) is 0 Å². The van der Waals surface area contributed by atoms with Crippen molar-refractivity contribution in [2.45, 2.75) is 6.42 Å². The molecule has 4 nitrogen and oxygen atoms in total. The first-order chi connectivity index (χ1) is 10.8. The fourth-order valence-electron chi connectivity index (χ4n) is 1.91. The molecule has 1 heterocycles. The summed E-state index contributed by atoms with van der Waals surface area (Å²) in [5.41, 5.74) is 7.22. The van der Waals surface area contributed by atoms with Gasteiger partial charge in [0.1, 0.15) is 5.16 Å². The van der Waals surface area contributed by atoms with Crippen molar-refractivity contribution in [3.05, 3.63) is 58.7 Å². The maximum atomic E-state index is 13.6. The zero-order chi connectivity index (χ0) is 17.1. The minimum atomic E-state index is -1.44. The molecule has 124 valence electrons. The molecule has 0 aromatic heterocycles. The minimum Gasteiger partial charge on any atom is -0.375 e. The van der Waals surface area contributed by atoms with Gasteiger partial charge in [0.25, 0.3) is 0 Å². The molecule has 10 heteroatoms. The van der Waals surface area contributed by atoms with Crippen LogP contribution in [0.25, 0.3) is 0 Å². The number of nitrogens with zero attached hydrogens (tertiary/aromatic N) is 2. The zero-order valence-corrected chi connectivity index (χ0v) is 13.1. The SMILES string of the molecule is NC(=S)NN1C=CN(CCc2c(F)c(F)cc(F)c2F)C(Cl)=C1. The second kappa shape index (κ2) is 7.05. The summed E-state index contributed by atoms with van der Waals surface area (Å²) < 4.78 is 53.5. The number of nitrogens with one attached hydrogen (secondary N) is 1. The van der Waals surface area contributed by atoms with Gasteiger partial charge < -0.3 is 10.6 Å². The molecule has 2 rings (SSSR count). The summed E-state index contributed by atoms with van der Waals surface area (Å²) >= 11 is 10.7. The maximum Gasteiger partial charge on any atom is 0.183 e. The zero-order valence-electron chi connectivity index (χ0n) is 11.5. The molecule has 1 aromatic rings. The third kappa shape index (κ3) is 4.05. The monoisotopic (exact) mass is 366 g/mol. The summed E-state index contributed by atoms with van der Waals surface area (Å²) in [7, 11) is 0. The molecule has 3 N–H and O–H groups in total. The highest BCUT2D eigenvalue weighted by molar-refractivity contribution is 7.80. The van der Waals surface area contributed by atoms with E-state index < -0.39 is 28.8 Å². The van der Waals surface area contributed by atoms with Gasteiger partial charge in [-0.3, -0.25) is 10.4 Å². The summed E-state index contributed by atoms with van der Waals surface area (Å²) in [6.07, 6.45) is 4.12. The molecule has 1 aliphatic rings. The van der Waals surface area contributed by atoms with Crippen LogP contribution in [0.1, 0.15) is 5.56 Å². The molecule has 0 amide bonds. The predicted octanol–water partition coefficient (Wildman–Crippen LogP) is 2.66. The number of hydrogen-bond donors (Lipinski definition) is 2. The van der Waals surface area contributed by atoms with Crippen molar-refractivity contribution in [3.63, 3.8) is 0 Å². The van der Waals surface area contributed by atoms with Gasteiger partial charge in [-0.1, -0.05) is 11.6 Å². The van der Waals surface area contributed by atoms with Crippen LogP contribution in [0.15, 0.2) is 29.8 Å². The quantitative estimate of drug-likeness (QED) is 0.371. The van der Waals surface area contributed by atoms with Crippen LogP contribution in [0, 0.1) is 23.3 Å². The van der Waals surface area contributed by atoms with Crippen molar-refractivity contribution in [2.75, 3.05) is 6.54 Å². The van der Waals surface area contributed by atoms with E-state index >= 15 is 0 Å². The van der Waals surface area contributed by atoms with E-state index in [-0.39, 0.29) is 29.3 Å². The fourth-order valence-corrected chi connectivity index (χ4v) is 2.26. The number of nitrogens with two attached hydrogens (primary N) is 1. The van der Waals surface area contributed by atoms with E-state index in [1.165, 1.54) is 28.5 Å². The van der Waals surface area contributed by atoms with Gasteiger partial charge in [-0.25, -0.2) is 17.6 Å². The first kappa shape index (κ1) is 17.4. The third-order valence-electron chi connectivity index (χ3n) is 2.97. The Morgan fingerprint density at radius 1 is 1.17 bits per heavy atom. The summed E-state index contributed by atoms with van der Waals surface area (Å²) in [5, 5.41) is 1.58. The van der Waals surface area contributed by atoms with E-state index in [0.29, 0.717) is 0 Å². The molecule has 0 fully saturated rings. The summed E-state index contributed by atoms with van der Waals surface area (Å²) in [6.45, 7) is 0.00345. The second-order valence-electron chi connectivity index (χ2n) is 4.52. The van der Waals surface area contributed by atoms with Gasteiger partial charge in [0.05, 0.1) is 6.20 Å². The molecular formula is C13H11ClF4N4S. The van der Waals surface area contributed by atoms with Gasteiger partial charge in [0, 0.05) is 30.6 Å². The maximum absolute atomic E-state index is 13.6. The molecule has 0 unspecified atom stereocenters. The Balaban J connectivity index is 2.08. The first-order valence-corrected chi connectivity index (χ1v) is 7.06. The lowest BCUT2D eigenvalue weighted by molar-refractivity contribution is 0.380. The Kier molecular flexibility index (Phi) is 5.32. The molecule has 0 atom stereocenters. The van der Waals surface area contributed by atoms with Crippen LogP contribution in [0.2, 0.25) is 0 Å². The summed E-state index contributed by atoms with van der Waals surface area (Å²) in [4.78, 5) is 1.43. The normalized spacial score (nSPS) is 14.0. The van der Waals surface area contributed by atoms with Gasteiger partial charge in [-0.15, -0.1) is 0 Å². The number of hydrogen-bond acceptors (Lipinski definition) is 3. The smallest absolute Gasteiger partial charge is 0.183 e. The van der Waals surface area contributed by atoms with E-state index in [4.69, 9.17) is 17.3 Å². The highest BCUT2D eigenvalue weighted by Crippen LogP contribution is 2.22. The van der Waals surface area contributed by atoms with Crippen molar-refractivity contribution >= 4 is 28.9 Å². The molecule has 1 aromatic carbocycles. The summed E-state index contributed by atoms with van der Waals surface area (Å²) in [6, 6.07) is 0.168. The van der Waals surface area contributed by atoms with Crippen LogP contribution in [-0.2, 0) is 6.42 Å². The predicted molar refractivity (Wildman–Crippen MR) is 81.5 cm³/mol. The van der Waals surface area contributed by atoms with Crippen LogP contribution in [0.4, 0.5) is 17.6 Å². The Morgan fingerprint density at radius 3 is 2.30 bits per heavy atom. The Morgan fingerprint density at radius 2 is 1.78 bits per heavy atom. The molecule has 0 aliphatic carbocycles. The van der Waals surface area contributed by atoms with Crippen LogP contribution in [0.5, 0.6) is 0 Å². The van der Waals surface area contributed by atoms with Gasteiger partial charge in [0.15, 0.2) is 28.4 Å².